The van der Waals surface area contributed by atoms with Crippen molar-refractivity contribution in [2.75, 3.05) is 6.61 Å². The van der Waals surface area contributed by atoms with Crippen LogP contribution in [0.3, 0.4) is 0 Å². The SMILES string of the molecule is Cl.O=C1N[C@H](c2cc(Br)cc(Br)c2O)C(F)(F)CO1. The van der Waals surface area contributed by atoms with Crippen molar-refractivity contribution in [1.29, 1.82) is 0 Å². The first-order valence-corrected chi connectivity index (χ1v) is 6.39. The molecule has 0 aliphatic carbocycles. The maximum absolute atomic E-state index is 13.7. The van der Waals surface area contributed by atoms with Crippen molar-refractivity contribution in [1.82, 2.24) is 5.32 Å². The highest BCUT2D eigenvalue weighted by Gasteiger charge is 2.48. The Balaban J connectivity index is 0.00000180. The topological polar surface area (TPSA) is 58.6 Å². The molecule has 1 aromatic rings. The van der Waals surface area contributed by atoms with Crippen molar-refractivity contribution in [3.05, 3.63) is 26.6 Å². The molecular weight excluding hydrogens is 415 g/mol. The summed E-state index contributed by atoms with van der Waals surface area (Å²) in [7, 11) is 0. The number of phenols is 1. The molecule has 0 spiro atoms. The van der Waals surface area contributed by atoms with Crippen LogP contribution in [0, 0.1) is 0 Å². The normalized spacial score (nSPS) is 21.1. The maximum atomic E-state index is 13.7. The number of alkyl halides is 2. The number of halogens is 5. The van der Waals surface area contributed by atoms with Crippen molar-refractivity contribution >= 4 is 50.4 Å². The van der Waals surface area contributed by atoms with E-state index in [1.807, 2.05) is 5.32 Å². The Labute approximate surface area is 130 Å². The fourth-order valence-corrected chi connectivity index (χ4v) is 2.88. The third kappa shape index (κ3) is 3.29. The van der Waals surface area contributed by atoms with Gasteiger partial charge >= 0.3 is 12.0 Å². The molecule has 1 saturated heterocycles. The second kappa shape index (κ2) is 5.80. The molecule has 1 fully saturated rings. The van der Waals surface area contributed by atoms with Crippen LogP contribution in [-0.2, 0) is 4.74 Å². The summed E-state index contributed by atoms with van der Waals surface area (Å²) in [6.07, 6.45) is -0.943. The molecule has 4 nitrogen and oxygen atoms in total. The number of aromatic hydroxyl groups is 1. The minimum atomic E-state index is -3.30. The van der Waals surface area contributed by atoms with E-state index in [1.165, 1.54) is 12.1 Å². The average molecular weight is 423 g/mol. The monoisotopic (exact) mass is 421 g/mol. The van der Waals surface area contributed by atoms with E-state index in [4.69, 9.17) is 0 Å². The Hall–Kier alpha value is -0.600. The summed E-state index contributed by atoms with van der Waals surface area (Å²) >= 11 is 6.18. The second-order valence-corrected chi connectivity index (χ2v) is 5.51. The molecule has 0 bridgehead atoms. The van der Waals surface area contributed by atoms with Crippen LogP contribution < -0.4 is 5.32 Å². The number of ether oxygens (including phenoxy) is 1. The third-order valence-electron chi connectivity index (χ3n) is 2.45. The van der Waals surface area contributed by atoms with Gasteiger partial charge in [-0.15, -0.1) is 12.4 Å². The first-order valence-electron chi connectivity index (χ1n) is 4.80. The molecule has 1 amide bonds. The minimum Gasteiger partial charge on any atom is -0.506 e. The molecular formula is C10H8Br2ClF2NO3. The molecule has 2 rings (SSSR count). The zero-order chi connectivity index (χ0) is 13.5. The molecule has 9 heteroatoms. The van der Waals surface area contributed by atoms with Gasteiger partial charge in [0.25, 0.3) is 0 Å². The summed E-state index contributed by atoms with van der Waals surface area (Å²) in [5.74, 6) is -3.64. The molecule has 1 atom stereocenters. The fourth-order valence-electron chi connectivity index (χ4n) is 1.62. The van der Waals surface area contributed by atoms with Crippen LogP contribution in [-0.4, -0.2) is 23.7 Å². The standard InChI is InChI=1S/C10H7Br2F2NO3.ClH/c11-4-1-5(7(16)6(12)2-4)8-10(13,14)3-18-9(17)15-8;/h1-2,8,16H,3H2,(H,15,17);1H/t8-;/m1./s1. The van der Waals surface area contributed by atoms with Crippen LogP contribution in [0.5, 0.6) is 5.75 Å². The van der Waals surface area contributed by atoms with Crippen LogP contribution in [0.2, 0.25) is 0 Å². The lowest BCUT2D eigenvalue weighted by molar-refractivity contribution is -0.104. The Morgan fingerprint density at radius 3 is 2.68 bits per heavy atom. The van der Waals surface area contributed by atoms with Gasteiger partial charge in [-0.05, 0) is 28.1 Å². The molecule has 1 aliphatic heterocycles. The number of alkyl carbamates (subject to hydrolysis) is 1. The Kier molecular flexibility index (Phi) is 5.02. The summed E-state index contributed by atoms with van der Waals surface area (Å²) in [6, 6.07) is 1.20. The number of rotatable bonds is 1. The number of phenolic OH excluding ortho intramolecular Hbond substituents is 1. The van der Waals surface area contributed by atoms with E-state index < -0.39 is 24.7 Å². The van der Waals surface area contributed by atoms with Crippen molar-refractivity contribution in [2.45, 2.75) is 12.0 Å². The largest absolute Gasteiger partial charge is 0.506 e. The lowest BCUT2D eigenvalue weighted by Gasteiger charge is -2.32. The highest BCUT2D eigenvalue weighted by atomic mass is 79.9. The lowest BCUT2D eigenvalue weighted by Crippen LogP contribution is -2.49. The van der Waals surface area contributed by atoms with Gasteiger partial charge in [0.1, 0.15) is 11.8 Å². The van der Waals surface area contributed by atoms with Gasteiger partial charge in [-0.3, -0.25) is 0 Å². The Bertz CT molecular complexity index is 516. The lowest BCUT2D eigenvalue weighted by atomic mass is 9.99. The van der Waals surface area contributed by atoms with Crippen LogP contribution >= 0.6 is 44.3 Å². The molecule has 1 aliphatic rings. The number of hydrogen-bond donors (Lipinski definition) is 2. The number of benzene rings is 1. The highest BCUT2D eigenvalue weighted by molar-refractivity contribution is 9.11. The van der Waals surface area contributed by atoms with E-state index in [9.17, 15) is 18.7 Å². The number of carbonyl (C=O) groups excluding carboxylic acids is 1. The predicted molar refractivity (Wildman–Crippen MR) is 72.9 cm³/mol. The summed E-state index contributed by atoms with van der Waals surface area (Å²) in [6.45, 7) is -1.02. The summed E-state index contributed by atoms with van der Waals surface area (Å²) in [5.41, 5.74) is -0.0853. The number of nitrogens with one attached hydrogen (secondary N) is 1. The van der Waals surface area contributed by atoms with Gasteiger partial charge in [0.05, 0.1) is 4.47 Å². The van der Waals surface area contributed by atoms with E-state index in [0.717, 1.165) is 0 Å². The van der Waals surface area contributed by atoms with E-state index in [2.05, 4.69) is 36.6 Å². The fraction of sp³-hybridized carbons (Fsp3) is 0.300. The predicted octanol–water partition coefficient (Wildman–Crippen LogP) is 3.76. The van der Waals surface area contributed by atoms with E-state index in [1.54, 1.807) is 0 Å². The van der Waals surface area contributed by atoms with E-state index in [-0.39, 0.29) is 28.2 Å². The summed E-state index contributed by atoms with van der Waals surface area (Å²) in [4.78, 5) is 11.0. The molecule has 0 radical (unpaired) electrons. The van der Waals surface area contributed by atoms with Crippen LogP contribution in [0.15, 0.2) is 21.1 Å². The number of cyclic esters (lactones) is 1. The number of amides is 1. The van der Waals surface area contributed by atoms with Gasteiger partial charge in [-0.25, -0.2) is 13.6 Å². The van der Waals surface area contributed by atoms with Gasteiger partial charge in [-0.2, -0.15) is 0 Å². The Morgan fingerprint density at radius 1 is 1.42 bits per heavy atom. The van der Waals surface area contributed by atoms with Gasteiger partial charge in [0.15, 0.2) is 6.61 Å². The van der Waals surface area contributed by atoms with E-state index in [0.29, 0.717) is 4.47 Å². The molecule has 0 saturated carbocycles. The molecule has 1 heterocycles. The maximum Gasteiger partial charge on any atom is 0.408 e. The summed E-state index contributed by atoms with van der Waals surface area (Å²) < 4.78 is 32.4. The van der Waals surface area contributed by atoms with Crippen molar-refractivity contribution in [3.8, 4) is 5.75 Å². The minimum absolute atomic E-state index is 0. The van der Waals surface area contributed by atoms with Crippen molar-refractivity contribution < 1.29 is 23.4 Å². The van der Waals surface area contributed by atoms with Gasteiger partial charge in [0.2, 0.25) is 0 Å². The van der Waals surface area contributed by atoms with Crippen LogP contribution in [0.25, 0.3) is 0 Å². The quantitative estimate of drug-likeness (QED) is 0.723. The smallest absolute Gasteiger partial charge is 0.408 e. The van der Waals surface area contributed by atoms with Crippen LogP contribution in [0.1, 0.15) is 11.6 Å². The first-order chi connectivity index (χ1) is 8.31. The average Bonchev–Trinajstić information content (AvgIpc) is 2.27. The molecule has 2 N–H and O–H groups in total. The van der Waals surface area contributed by atoms with Gasteiger partial charge < -0.3 is 15.2 Å². The molecule has 19 heavy (non-hydrogen) atoms. The zero-order valence-corrected chi connectivity index (χ0v) is 13.1. The Morgan fingerprint density at radius 2 is 2.05 bits per heavy atom. The second-order valence-electron chi connectivity index (χ2n) is 3.74. The van der Waals surface area contributed by atoms with Gasteiger partial charge in [0, 0.05) is 10.0 Å². The molecule has 1 aromatic carbocycles. The highest BCUT2D eigenvalue weighted by Crippen LogP contribution is 2.42. The molecule has 0 unspecified atom stereocenters. The zero-order valence-electron chi connectivity index (χ0n) is 9.12. The van der Waals surface area contributed by atoms with Crippen molar-refractivity contribution in [2.24, 2.45) is 0 Å². The third-order valence-corrected chi connectivity index (χ3v) is 3.51. The first kappa shape index (κ1) is 16.5. The van der Waals surface area contributed by atoms with Gasteiger partial charge in [-0.1, -0.05) is 15.9 Å². The van der Waals surface area contributed by atoms with E-state index >= 15 is 0 Å². The van der Waals surface area contributed by atoms with Crippen molar-refractivity contribution in [3.63, 3.8) is 0 Å². The number of carbonyl (C=O) groups is 1. The summed E-state index contributed by atoms with van der Waals surface area (Å²) in [5, 5.41) is 11.8. The molecule has 0 aromatic heterocycles. The van der Waals surface area contributed by atoms with Crippen LogP contribution in [0.4, 0.5) is 13.6 Å². The number of hydrogen-bond acceptors (Lipinski definition) is 3. The molecule has 106 valence electrons.